The number of para-hydroxylation sites is 1. The van der Waals surface area contributed by atoms with Crippen LogP contribution in [0.25, 0.3) is 11.3 Å². The summed E-state index contributed by atoms with van der Waals surface area (Å²) in [5, 5.41) is 12.5. The molecule has 34 heavy (non-hydrogen) atoms. The molecule has 0 unspecified atom stereocenters. The van der Waals surface area contributed by atoms with E-state index in [1.807, 2.05) is 12.1 Å². The first-order chi connectivity index (χ1) is 16.3. The average molecular weight is 468 g/mol. The number of hydrogen-bond acceptors (Lipinski definition) is 5. The molecule has 1 aliphatic heterocycles. The van der Waals surface area contributed by atoms with Crippen LogP contribution in [0.4, 0.5) is 13.2 Å². The van der Waals surface area contributed by atoms with Gasteiger partial charge in [0, 0.05) is 24.5 Å². The Morgan fingerprint density at radius 2 is 1.85 bits per heavy atom. The van der Waals surface area contributed by atoms with Crippen molar-refractivity contribution in [3.05, 3.63) is 87.7 Å². The number of amides is 1. The van der Waals surface area contributed by atoms with Gasteiger partial charge in [0.2, 0.25) is 5.43 Å². The molecule has 11 heteroatoms. The van der Waals surface area contributed by atoms with Crippen molar-refractivity contribution in [2.75, 3.05) is 6.54 Å². The summed E-state index contributed by atoms with van der Waals surface area (Å²) in [7, 11) is 0. The zero-order chi connectivity index (χ0) is 24.0. The molecule has 1 saturated heterocycles. The standard InChI is InChI=1S/C23H19F3N6O2/c1-14-13-18(33)20(29-32(14)16-8-3-2-7-15(16)23(24,25)26)22(34)30-12-6-9-17(30)21-28-27-19-10-4-5-11-31(19)21/h2-5,7-8,10-11,13,17H,6,9,12H2,1H3/t17-/m0/s1. The second-order valence-electron chi connectivity index (χ2n) is 8.07. The lowest BCUT2D eigenvalue weighted by molar-refractivity contribution is -0.137. The van der Waals surface area contributed by atoms with E-state index in [2.05, 4.69) is 15.3 Å². The van der Waals surface area contributed by atoms with E-state index < -0.39 is 34.8 Å². The maximum absolute atomic E-state index is 13.6. The van der Waals surface area contributed by atoms with E-state index in [0.717, 1.165) is 16.8 Å². The molecule has 1 atom stereocenters. The zero-order valence-corrected chi connectivity index (χ0v) is 18.0. The summed E-state index contributed by atoms with van der Waals surface area (Å²) >= 11 is 0. The number of likely N-dealkylation sites (tertiary alicyclic amines) is 1. The van der Waals surface area contributed by atoms with Crippen molar-refractivity contribution >= 4 is 11.6 Å². The van der Waals surface area contributed by atoms with Crippen LogP contribution >= 0.6 is 0 Å². The molecular formula is C23H19F3N6O2. The fraction of sp³-hybridized carbons (Fsp3) is 0.261. The Balaban J connectivity index is 1.57. The number of rotatable bonds is 3. The van der Waals surface area contributed by atoms with Crippen molar-refractivity contribution in [3.8, 4) is 5.69 Å². The van der Waals surface area contributed by atoms with Gasteiger partial charge in [0.1, 0.15) is 0 Å². The Labute approximate surface area is 191 Å². The van der Waals surface area contributed by atoms with Crippen LogP contribution in [0.5, 0.6) is 0 Å². The first kappa shape index (κ1) is 21.8. The summed E-state index contributed by atoms with van der Waals surface area (Å²) in [5.41, 5.74) is -1.47. The van der Waals surface area contributed by atoms with Gasteiger partial charge in [0.05, 0.1) is 17.3 Å². The molecule has 0 spiro atoms. The van der Waals surface area contributed by atoms with Crippen LogP contribution in [0, 0.1) is 6.92 Å². The Kier molecular flexibility index (Phi) is 5.18. The van der Waals surface area contributed by atoms with Crippen LogP contribution in [0.2, 0.25) is 0 Å². The van der Waals surface area contributed by atoms with Crippen molar-refractivity contribution in [1.82, 2.24) is 29.3 Å². The Morgan fingerprint density at radius 3 is 2.65 bits per heavy atom. The number of carbonyl (C=O) groups excluding carboxylic acids is 1. The smallest absolute Gasteiger partial charge is 0.327 e. The van der Waals surface area contributed by atoms with Crippen LogP contribution in [-0.4, -0.2) is 41.7 Å². The Bertz CT molecular complexity index is 1460. The fourth-order valence-corrected chi connectivity index (χ4v) is 4.34. The van der Waals surface area contributed by atoms with E-state index in [0.29, 0.717) is 30.9 Å². The summed E-state index contributed by atoms with van der Waals surface area (Å²) < 4.78 is 43.5. The highest BCUT2D eigenvalue weighted by Gasteiger charge is 2.37. The number of hydrogen-bond donors (Lipinski definition) is 0. The van der Waals surface area contributed by atoms with Gasteiger partial charge in [0.15, 0.2) is 17.2 Å². The molecule has 1 aliphatic rings. The lowest BCUT2D eigenvalue weighted by Crippen LogP contribution is -2.36. The summed E-state index contributed by atoms with van der Waals surface area (Å²) in [6, 6.07) is 11.0. The van der Waals surface area contributed by atoms with Gasteiger partial charge < -0.3 is 4.90 Å². The predicted molar refractivity (Wildman–Crippen MR) is 116 cm³/mol. The monoisotopic (exact) mass is 468 g/mol. The molecule has 0 radical (unpaired) electrons. The minimum atomic E-state index is -4.63. The van der Waals surface area contributed by atoms with Crippen LogP contribution < -0.4 is 5.43 Å². The molecule has 1 aromatic carbocycles. The molecule has 3 aromatic heterocycles. The second kappa shape index (κ2) is 8.08. The lowest BCUT2D eigenvalue weighted by Gasteiger charge is -2.23. The number of aryl methyl sites for hydroxylation is 1. The fourth-order valence-electron chi connectivity index (χ4n) is 4.34. The van der Waals surface area contributed by atoms with Crippen LogP contribution in [0.3, 0.4) is 0 Å². The van der Waals surface area contributed by atoms with E-state index in [4.69, 9.17) is 0 Å². The SMILES string of the molecule is Cc1cc(=O)c(C(=O)N2CCC[C@H]2c2nnc3ccccn23)nn1-c1ccccc1C(F)(F)F. The van der Waals surface area contributed by atoms with Crippen LogP contribution in [0.15, 0.2) is 59.5 Å². The van der Waals surface area contributed by atoms with E-state index in [1.165, 1.54) is 30.0 Å². The second-order valence-corrected chi connectivity index (χ2v) is 8.07. The van der Waals surface area contributed by atoms with Gasteiger partial charge in [-0.25, -0.2) is 4.68 Å². The van der Waals surface area contributed by atoms with E-state index in [1.54, 1.807) is 16.7 Å². The molecule has 8 nitrogen and oxygen atoms in total. The molecule has 4 heterocycles. The van der Waals surface area contributed by atoms with E-state index in [-0.39, 0.29) is 11.4 Å². The number of halogens is 3. The Hall–Kier alpha value is -4.02. The third kappa shape index (κ3) is 3.62. The van der Waals surface area contributed by atoms with Gasteiger partial charge in [-0.1, -0.05) is 18.2 Å². The topological polar surface area (TPSA) is 85.4 Å². The highest BCUT2D eigenvalue weighted by Crippen LogP contribution is 2.34. The summed E-state index contributed by atoms with van der Waals surface area (Å²) in [6.45, 7) is 1.83. The van der Waals surface area contributed by atoms with Crippen molar-refractivity contribution in [3.63, 3.8) is 0 Å². The van der Waals surface area contributed by atoms with Gasteiger partial charge in [-0.2, -0.15) is 18.3 Å². The number of aromatic nitrogens is 5. The average Bonchev–Trinajstić information content (AvgIpc) is 3.45. The minimum absolute atomic E-state index is 0.180. The molecule has 1 fully saturated rings. The first-order valence-electron chi connectivity index (χ1n) is 10.6. The number of pyridine rings is 1. The maximum Gasteiger partial charge on any atom is 0.418 e. The summed E-state index contributed by atoms with van der Waals surface area (Å²) in [6.07, 6.45) is -1.56. The van der Waals surface area contributed by atoms with E-state index in [9.17, 15) is 22.8 Å². The number of benzene rings is 1. The molecule has 1 amide bonds. The number of nitrogens with zero attached hydrogens (tertiary/aromatic N) is 6. The molecular weight excluding hydrogens is 449 g/mol. The minimum Gasteiger partial charge on any atom is -0.327 e. The maximum atomic E-state index is 13.6. The van der Waals surface area contributed by atoms with Crippen molar-refractivity contribution in [2.24, 2.45) is 0 Å². The van der Waals surface area contributed by atoms with Gasteiger partial charge in [0.25, 0.3) is 5.91 Å². The van der Waals surface area contributed by atoms with E-state index >= 15 is 0 Å². The van der Waals surface area contributed by atoms with Crippen molar-refractivity contribution in [1.29, 1.82) is 0 Å². The number of fused-ring (bicyclic) bond motifs is 1. The van der Waals surface area contributed by atoms with Crippen LogP contribution in [-0.2, 0) is 6.18 Å². The molecule has 0 N–H and O–H groups in total. The Morgan fingerprint density at radius 1 is 1.09 bits per heavy atom. The van der Waals surface area contributed by atoms with Crippen molar-refractivity contribution in [2.45, 2.75) is 32.0 Å². The predicted octanol–water partition coefficient (Wildman–Crippen LogP) is 3.58. The lowest BCUT2D eigenvalue weighted by atomic mass is 10.1. The molecule has 0 aliphatic carbocycles. The van der Waals surface area contributed by atoms with Gasteiger partial charge in [-0.3, -0.25) is 14.0 Å². The normalized spacial score (nSPS) is 16.4. The van der Waals surface area contributed by atoms with Gasteiger partial charge in [-0.15, -0.1) is 10.2 Å². The molecule has 4 aromatic rings. The summed E-state index contributed by atoms with van der Waals surface area (Å²) in [5.74, 6) is -0.102. The third-order valence-corrected chi connectivity index (χ3v) is 5.90. The number of alkyl halides is 3. The third-order valence-electron chi connectivity index (χ3n) is 5.90. The largest absolute Gasteiger partial charge is 0.418 e. The molecule has 0 saturated carbocycles. The zero-order valence-electron chi connectivity index (χ0n) is 18.0. The van der Waals surface area contributed by atoms with Gasteiger partial charge >= 0.3 is 6.18 Å². The highest BCUT2D eigenvalue weighted by atomic mass is 19.4. The molecule has 5 rings (SSSR count). The van der Waals surface area contributed by atoms with Crippen LogP contribution in [0.1, 0.15) is 46.5 Å². The molecule has 174 valence electrons. The molecule has 0 bridgehead atoms. The first-order valence-corrected chi connectivity index (χ1v) is 10.6. The highest BCUT2D eigenvalue weighted by molar-refractivity contribution is 5.92. The number of carbonyl (C=O) groups is 1. The summed E-state index contributed by atoms with van der Waals surface area (Å²) in [4.78, 5) is 27.7. The quantitative estimate of drug-likeness (QED) is 0.459. The van der Waals surface area contributed by atoms with Gasteiger partial charge in [-0.05, 0) is 44.0 Å². The van der Waals surface area contributed by atoms with Crippen molar-refractivity contribution < 1.29 is 18.0 Å².